The highest BCUT2D eigenvalue weighted by atomic mass is 16.2. The van der Waals surface area contributed by atoms with E-state index in [1.807, 2.05) is 36.3 Å². The number of piperidine rings is 1. The molecule has 0 bridgehead atoms. The number of benzene rings is 1. The van der Waals surface area contributed by atoms with E-state index >= 15 is 0 Å². The Morgan fingerprint density at radius 3 is 2.76 bits per heavy atom. The van der Waals surface area contributed by atoms with Gasteiger partial charge in [-0.1, -0.05) is 18.2 Å². The second-order valence-electron chi connectivity index (χ2n) is 6.76. The predicted octanol–water partition coefficient (Wildman–Crippen LogP) is 1.87. The summed E-state index contributed by atoms with van der Waals surface area (Å²) in [5.41, 5.74) is 2.15. The molecule has 1 aromatic carbocycles. The van der Waals surface area contributed by atoms with Crippen molar-refractivity contribution in [3.8, 4) is 0 Å². The maximum atomic E-state index is 12.5. The molecule has 0 saturated carbocycles. The van der Waals surface area contributed by atoms with Crippen molar-refractivity contribution in [2.45, 2.75) is 12.8 Å². The number of carbonyl (C=O) groups is 1. The van der Waals surface area contributed by atoms with Crippen molar-refractivity contribution in [2.75, 3.05) is 38.1 Å². The molecule has 1 N–H and O–H groups in total. The number of nitrogens with zero attached hydrogens (tertiary/aromatic N) is 4. The summed E-state index contributed by atoms with van der Waals surface area (Å²) in [5, 5.41) is 4.14. The molecule has 0 radical (unpaired) electrons. The van der Waals surface area contributed by atoms with Gasteiger partial charge >= 0.3 is 0 Å². The number of aliphatic imine (C=N–C) groups is 1. The molecule has 3 heterocycles. The highest BCUT2D eigenvalue weighted by molar-refractivity contribution is 5.98. The van der Waals surface area contributed by atoms with E-state index < -0.39 is 0 Å². The van der Waals surface area contributed by atoms with Crippen LogP contribution in [0.15, 0.2) is 41.5 Å². The summed E-state index contributed by atoms with van der Waals surface area (Å²) in [4.78, 5) is 25.7. The molecule has 0 atom stereocenters. The topological polar surface area (TPSA) is 60.8 Å². The number of hydrogen-bond acceptors (Lipinski definition) is 5. The van der Waals surface area contributed by atoms with Gasteiger partial charge in [0.15, 0.2) is 0 Å². The zero-order chi connectivity index (χ0) is 17.2. The average Bonchev–Trinajstić information content (AvgIpc) is 3.06. The zero-order valence-corrected chi connectivity index (χ0v) is 14.5. The SMILES string of the molecule is CN1CCN=C1NC(=O)C1CCN(c2cnc3ccccc3c2)CC1. The zero-order valence-electron chi connectivity index (χ0n) is 14.5. The third-order valence-electron chi connectivity index (χ3n) is 5.10. The minimum absolute atomic E-state index is 0.0568. The Labute approximate surface area is 147 Å². The number of amides is 1. The van der Waals surface area contributed by atoms with E-state index in [9.17, 15) is 4.79 Å². The molecule has 2 aliphatic rings. The lowest BCUT2D eigenvalue weighted by atomic mass is 9.95. The largest absolute Gasteiger partial charge is 0.370 e. The Bertz CT molecular complexity index is 810. The number of guanidine groups is 1. The number of rotatable bonds is 2. The molecule has 2 aromatic rings. The molecule has 25 heavy (non-hydrogen) atoms. The van der Waals surface area contributed by atoms with Crippen LogP contribution < -0.4 is 10.2 Å². The van der Waals surface area contributed by atoms with Crippen molar-refractivity contribution in [3.05, 3.63) is 36.5 Å². The molecular weight excluding hydrogens is 314 g/mol. The first-order chi connectivity index (χ1) is 12.2. The number of hydrogen-bond donors (Lipinski definition) is 1. The fourth-order valence-electron chi connectivity index (χ4n) is 3.51. The van der Waals surface area contributed by atoms with Crippen LogP contribution in [0.2, 0.25) is 0 Å². The van der Waals surface area contributed by atoms with Crippen LogP contribution in [0.3, 0.4) is 0 Å². The first-order valence-electron chi connectivity index (χ1n) is 8.87. The van der Waals surface area contributed by atoms with Gasteiger partial charge in [-0.3, -0.25) is 20.1 Å². The molecule has 4 rings (SSSR count). The molecule has 6 nitrogen and oxygen atoms in total. The van der Waals surface area contributed by atoms with Crippen LogP contribution in [0, 0.1) is 5.92 Å². The molecule has 0 spiro atoms. The number of para-hydroxylation sites is 1. The second-order valence-corrected chi connectivity index (χ2v) is 6.76. The Balaban J connectivity index is 1.38. The summed E-state index contributed by atoms with van der Waals surface area (Å²) in [6.07, 6.45) is 3.65. The summed E-state index contributed by atoms with van der Waals surface area (Å²) in [6.45, 7) is 3.39. The van der Waals surface area contributed by atoms with E-state index in [-0.39, 0.29) is 11.8 Å². The number of carbonyl (C=O) groups excluding carboxylic acids is 1. The maximum Gasteiger partial charge on any atom is 0.229 e. The van der Waals surface area contributed by atoms with Crippen LogP contribution in [-0.4, -0.2) is 55.0 Å². The van der Waals surface area contributed by atoms with Crippen LogP contribution in [0.1, 0.15) is 12.8 Å². The molecule has 1 fully saturated rings. The van der Waals surface area contributed by atoms with Crippen LogP contribution in [-0.2, 0) is 4.79 Å². The fraction of sp³-hybridized carbons (Fsp3) is 0.421. The highest BCUT2D eigenvalue weighted by Crippen LogP contribution is 2.25. The maximum absolute atomic E-state index is 12.5. The number of anilines is 1. The lowest BCUT2D eigenvalue weighted by molar-refractivity contribution is -0.124. The third kappa shape index (κ3) is 3.29. The molecule has 1 aromatic heterocycles. The average molecular weight is 337 g/mol. The van der Waals surface area contributed by atoms with Gasteiger partial charge in [0, 0.05) is 38.0 Å². The summed E-state index contributed by atoms with van der Waals surface area (Å²) in [5.74, 6) is 0.872. The van der Waals surface area contributed by atoms with Crippen molar-refractivity contribution in [2.24, 2.45) is 10.9 Å². The highest BCUT2D eigenvalue weighted by Gasteiger charge is 2.27. The normalized spacial score (nSPS) is 18.5. The summed E-state index contributed by atoms with van der Waals surface area (Å²) in [7, 11) is 1.96. The minimum Gasteiger partial charge on any atom is -0.370 e. The van der Waals surface area contributed by atoms with Gasteiger partial charge in [-0.2, -0.15) is 0 Å². The number of fused-ring (bicyclic) bond motifs is 1. The van der Waals surface area contributed by atoms with Crippen molar-refractivity contribution < 1.29 is 4.79 Å². The third-order valence-corrected chi connectivity index (χ3v) is 5.10. The Morgan fingerprint density at radius 2 is 2.00 bits per heavy atom. The summed E-state index contributed by atoms with van der Waals surface area (Å²) in [6, 6.07) is 10.3. The number of pyridine rings is 1. The Morgan fingerprint density at radius 1 is 1.20 bits per heavy atom. The molecule has 2 aliphatic heterocycles. The quantitative estimate of drug-likeness (QED) is 0.909. The van der Waals surface area contributed by atoms with Gasteiger partial charge in [0.2, 0.25) is 11.9 Å². The van der Waals surface area contributed by atoms with Gasteiger partial charge in [-0.15, -0.1) is 0 Å². The molecular formula is C19H23N5O. The lowest BCUT2D eigenvalue weighted by Crippen LogP contribution is -2.45. The molecule has 130 valence electrons. The smallest absolute Gasteiger partial charge is 0.229 e. The molecule has 6 heteroatoms. The van der Waals surface area contributed by atoms with Gasteiger partial charge in [0.05, 0.1) is 23.9 Å². The lowest BCUT2D eigenvalue weighted by Gasteiger charge is -2.33. The molecule has 0 aliphatic carbocycles. The predicted molar refractivity (Wildman–Crippen MR) is 99.8 cm³/mol. The van der Waals surface area contributed by atoms with Gasteiger partial charge in [-0.05, 0) is 25.0 Å². The van der Waals surface area contributed by atoms with Gasteiger partial charge in [-0.25, -0.2) is 0 Å². The fourth-order valence-corrected chi connectivity index (χ4v) is 3.51. The molecule has 0 unspecified atom stereocenters. The van der Waals surface area contributed by atoms with E-state index in [1.54, 1.807) is 0 Å². The first-order valence-corrected chi connectivity index (χ1v) is 8.87. The van der Waals surface area contributed by atoms with Gasteiger partial charge in [0.1, 0.15) is 0 Å². The summed E-state index contributed by atoms with van der Waals surface area (Å²) >= 11 is 0. The second kappa shape index (κ2) is 6.70. The van der Waals surface area contributed by atoms with E-state index in [2.05, 4.69) is 32.3 Å². The Kier molecular flexibility index (Phi) is 4.26. The van der Waals surface area contributed by atoms with Crippen molar-refractivity contribution in [3.63, 3.8) is 0 Å². The first kappa shape index (κ1) is 15.9. The van der Waals surface area contributed by atoms with Gasteiger partial charge in [0.25, 0.3) is 0 Å². The van der Waals surface area contributed by atoms with E-state index in [0.29, 0.717) is 5.96 Å². The summed E-state index contributed by atoms with van der Waals surface area (Å²) < 4.78 is 0. The van der Waals surface area contributed by atoms with E-state index in [0.717, 1.165) is 55.6 Å². The van der Waals surface area contributed by atoms with Crippen LogP contribution in [0.25, 0.3) is 10.9 Å². The van der Waals surface area contributed by atoms with E-state index in [1.165, 1.54) is 0 Å². The number of nitrogens with one attached hydrogen (secondary N) is 1. The standard InChI is InChI=1S/C19H23N5O/c1-23-11-8-20-19(23)22-18(25)14-6-9-24(10-7-14)16-12-15-4-2-3-5-17(15)21-13-16/h2-5,12-14H,6-11H2,1H3,(H,20,22,25). The monoisotopic (exact) mass is 337 g/mol. The molecule has 1 amide bonds. The molecule has 1 saturated heterocycles. The van der Waals surface area contributed by atoms with Crippen molar-refractivity contribution in [1.29, 1.82) is 0 Å². The van der Waals surface area contributed by atoms with Gasteiger partial charge < -0.3 is 9.80 Å². The Hall–Kier alpha value is -2.63. The minimum atomic E-state index is 0.0568. The van der Waals surface area contributed by atoms with Crippen molar-refractivity contribution >= 4 is 28.5 Å². The number of likely N-dealkylation sites (N-methyl/N-ethyl adjacent to an activating group) is 1. The number of aromatic nitrogens is 1. The van der Waals surface area contributed by atoms with Crippen LogP contribution in [0.4, 0.5) is 5.69 Å². The van der Waals surface area contributed by atoms with Crippen LogP contribution in [0.5, 0.6) is 0 Å². The van der Waals surface area contributed by atoms with Crippen molar-refractivity contribution in [1.82, 2.24) is 15.2 Å². The van der Waals surface area contributed by atoms with Crippen LogP contribution >= 0.6 is 0 Å². The van der Waals surface area contributed by atoms with E-state index in [4.69, 9.17) is 0 Å².